The molecule has 1 amide bonds. The number of hydrogen-bond acceptors (Lipinski definition) is 10. The van der Waals surface area contributed by atoms with Crippen LogP contribution < -0.4 is 5.32 Å². The minimum absolute atomic E-state index is 0.00616. The summed E-state index contributed by atoms with van der Waals surface area (Å²) in [6.45, 7) is 12.1. The summed E-state index contributed by atoms with van der Waals surface area (Å²) in [5.41, 5.74) is -2.36. The fourth-order valence-corrected chi connectivity index (χ4v) is 6.21. The van der Waals surface area contributed by atoms with Crippen molar-refractivity contribution in [1.82, 2.24) is 5.32 Å². The second kappa shape index (κ2) is 14.3. The zero-order valence-electron chi connectivity index (χ0n) is 27.4. The summed E-state index contributed by atoms with van der Waals surface area (Å²) < 4.78 is 0. The van der Waals surface area contributed by atoms with Crippen LogP contribution in [-0.4, -0.2) is 78.3 Å². The third-order valence-electron chi connectivity index (χ3n) is 9.51. The molecular weight excluding hydrogens is 594 g/mol. The Hall–Kier alpha value is -3.90. The van der Waals surface area contributed by atoms with Crippen molar-refractivity contribution in [1.29, 1.82) is 0 Å². The number of Topliss-reactive ketones (excluding diaryl/α,β-unsaturated/α-hetero) is 3. The van der Waals surface area contributed by atoms with Crippen molar-refractivity contribution in [2.24, 2.45) is 29.6 Å². The normalized spacial score (nSPS) is 34.6. The highest BCUT2D eigenvalue weighted by atomic mass is 16.3. The van der Waals surface area contributed by atoms with Crippen LogP contribution in [0.1, 0.15) is 85.1 Å². The van der Waals surface area contributed by atoms with E-state index < -0.39 is 111 Å². The highest BCUT2D eigenvalue weighted by Crippen LogP contribution is 2.43. The number of phenols is 2. The number of benzene rings is 1. The second-order valence-electron chi connectivity index (χ2n) is 12.8. The van der Waals surface area contributed by atoms with E-state index in [1.54, 1.807) is 40.7 Å². The SMILES string of the molecule is CC1=C2NC(=O)/C=C\C=C\[C@H](C)[C@H](O)[C@@H](C)[C@@H](O)[C@@H](C)[C@H](O)[C@H](C)[C@@H](O)[C@@H](C)/C=C(/C)C(=O)c3c(O)c(C)c(O)c(c3C1=O)C2=O. The smallest absolute Gasteiger partial charge is 0.248 e. The van der Waals surface area contributed by atoms with Crippen molar-refractivity contribution in [2.45, 2.75) is 79.8 Å². The van der Waals surface area contributed by atoms with Gasteiger partial charge in [0.1, 0.15) is 11.5 Å². The largest absolute Gasteiger partial charge is 0.507 e. The number of fused-ring (bicyclic) bond motifs is 15. The first-order valence-corrected chi connectivity index (χ1v) is 15.3. The Bertz CT molecular complexity index is 1550. The van der Waals surface area contributed by atoms with E-state index in [2.05, 4.69) is 5.32 Å². The number of carbonyl (C=O) groups excluding carboxylic acids is 4. The summed E-state index contributed by atoms with van der Waals surface area (Å²) in [6, 6.07) is 0. The Kier molecular flexibility index (Phi) is 11.3. The molecule has 2 aliphatic heterocycles. The van der Waals surface area contributed by atoms with Gasteiger partial charge in [0.15, 0.2) is 11.6 Å². The number of ketones is 3. The molecule has 2 heterocycles. The highest BCUT2D eigenvalue weighted by molar-refractivity contribution is 6.32. The summed E-state index contributed by atoms with van der Waals surface area (Å²) in [4.78, 5) is 53.8. The van der Waals surface area contributed by atoms with Crippen LogP contribution in [0.3, 0.4) is 0 Å². The quantitative estimate of drug-likeness (QED) is 0.221. The summed E-state index contributed by atoms with van der Waals surface area (Å²) in [5, 5.41) is 68.5. The summed E-state index contributed by atoms with van der Waals surface area (Å²) >= 11 is 0. The van der Waals surface area contributed by atoms with E-state index in [-0.39, 0.29) is 16.7 Å². The second-order valence-corrected chi connectivity index (χ2v) is 12.8. The summed E-state index contributed by atoms with van der Waals surface area (Å²) in [7, 11) is 0. The number of hydrogen-bond donors (Lipinski definition) is 7. The number of aliphatic hydroxyl groups is 4. The molecule has 1 aliphatic carbocycles. The molecule has 0 saturated carbocycles. The minimum Gasteiger partial charge on any atom is -0.507 e. The van der Waals surface area contributed by atoms with E-state index in [1.165, 1.54) is 39.0 Å². The molecule has 4 bridgehead atoms. The van der Waals surface area contributed by atoms with Crippen molar-refractivity contribution in [3.8, 4) is 11.5 Å². The molecule has 46 heavy (non-hydrogen) atoms. The first-order chi connectivity index (χ1) is 21.3. The topological polar surface area (TPSA) is 202 Å². The van der Waals surface area contributed by atoms with Gasteiger partial charge in [-0.1, -0.05) is 58.9 Å². The summed E-state index contributed by atoms with van der Waals surface area (Å²) in [5.74, 6) is -8.25. The Morgan fingerprint density at radius 2 is 1.09 bits per heavy atom. The van der Waals surface area contributed by atoms with E-state index in [9.17, 15) is 49.8 Å². The molecule has 0 saturated heterocycles. The average Bonchev–Trinajstić information content (AvgIpc) is 3.02. The van der Waals surface area contributed by atoms with Crippen LogP contribution >= 0.6 is 0 Å². The van der Waals surface area contributed by atoms with Gasteiger partial charge in [-0.3, -0.25) is 19.2 Å². The van der Waals surface area contributed by atoms with Gasteiger partial charge in [-0.15, -0.1) is 0 Å². The van der Waals surface area contributed by atoms with Gasteiger partial charge in [0.05, 0.1) is 46.8 Å². The molecule has 0 fully saturated rings. The van der Waals surface area contributed by atoms with Crippen LogP contribution in [0, 0.1) is 36.5 Å². The molecule has 0 spiro atoms. The predicted molar refractivity (Wildman–Crippen MR) is 170 cm³/mol. The molecule has 250 valence electrons. The molecule has 11 nitrogen and oxygen atoms in total. The van der Waals surface area contributed by atoms with Crippen LogP contribution in [0.25, 0.3) is 0 Å². The number of carbonyl (C=O) groups is 4. The van der Waals surface area contributed by atoms with Crippen LogP contribution in [0.2, 0.25) is 0 Å². The molecule has 1 aromatic carbocycles. The van der Waals surface area contributed by atoms with Crippen LogP contribution in [0.15, 0.2) is 47.2 Å². The third kappa shape index (κ3) is 6.78. The number of allylic oxidation sites excluding steroid dienone is 5. The number of aromatic hydroxyl groups is 2. The van der Waals surface area contributed by atoms with E-state index in [4.69, 9.17) is 0 Å². The number of rotatable bonds is 0. The lowest BCUT2D eigenvalue weighted by atomic mass is 9.77. The maximum atomic E-state index is 13.8. The maximum Gasteiger partial charge on any atom is 0.248 e. The van der Waals surface area contributed by atoms with Gasteiger partial charge in [-0.05, 0) is 26.3 Å². The fraction of sp³-hybridized carbons (Fsp3) is 0.486. The number of aliphatic hydroxyl groups excluding tert-OH is 4. The van der Waals surface area contributed by atoms with Crippen molar-refractivity contribution in [2.75, 3.05) is 0 Å². The Labute approximate surface area is 268 Å². The average molecular weight is 640 g/mol. The predicted octanol–water partition coefficient (Wildman–Crippen LogP) is 3.05. The lowest BCUT2D eigenvalue weighted by Crippen LogP contribution is -2.45. The molecule has 0 aromatic heterocycles. The van der Waals surface area contributed by atoms with Gasteiger partial charge in [-0.25, -0.2) is 0 Å². The molecule has 3 aliphatic rings. The standard InChI is InChI=1S/C35H45NO10/c1-14-11-9-10-12-22(37)36-26-17(4)32(43)23-24(33(44)21(8)34(45)25(23)35(26)46)29(40)16(3)13-15(2)28(39)19(6)31(42)20(7)30(41)18(5)27(14)38/h9-15,18-20,27-28,30-31,38-39,41-42,44-45H,1-8H3,(H,36,37)/b11-9+,12-10-,16-13-/t14-,15-,18+,19+,20+,27-,28-,30+,31+/m0/s1. The monoisotopic (exact) mass is 639 g/mol. The zero-order chi connectivity index (χ0) is 34.9. The van der Waals surface area contributed by atoms with E-state index in [0.717, 1.165) is 6.08 Å². The molecular formula is C35H45NO10. The van der Waals surface area contributed by atoms with Gasteiger partial charge in [0.25, 0.3) is 0 Å². The summed E-state index contributed by atoms with van der Waals surface area (Å²) in [6.07, 6.45) is 2.38. The Morgan fingerprint density at radius 1 is 0.609 bits per heavy atom. The van der Waals surface area contributed by atoms with Crippen LogP contribution in [0.4, 0.5) is 0 Å². The maximum absolute atomic E-state index is 13.8. The number of phenolic OH excluding ortho intramolecular Hbond substituents is 2. The van der Waals surface area contributed by atoms with E-state index in [0.29, 0.717) is 0 Å². The minimum atomic E-state index is -1.20. The van der Waals surface area contributed by atoms with Gasteiger partial charge in [0, 0.05) is 46.8 Å². The molecule has 9 atom stereocenters. The van der Waals surface area contributed by atoms with Gasteiger partial charge < -0.3 is 36.0 Å². The lowest BCUT2D eigenvalue weighted by Gasteiger charge is -2.36. The first-order valence-electron chi connectivity index (χ1n) is 15.3. The number of amides is 1. The van der Waals surface area contributed by atoms with Gasteiger partial charge >= 0.3 is 0 Å². The van der Waals surface area contributed by atoms with Crippen molar-refractivity contribution in [3.05, 3.63) is 69.5 Å². The number of nitrogens with one attached hydrogen (secondary N) is 1. The Morgan fingerprint density at radius 3 is 1.63 bits per heavy atom. The molecule has 0 unspecified atom stereocenters. The van der Waals surface area contributed by atoms with Gasteiger partial charge in [-0.2, -0.15) is 0 Å². The molecule has 4 rings (SSSR count). The Balaban J connectivity index is 2.21. The molecule has 7 N–H and O–H groups in total. The van der Waals surface area contributed by atoms with Crippen LogP contribution in [0.5, 0.6) is 11.5 Å². The lowest BCUT2D eigenvalue weighted by molar-refractivity contribution is -0.115. The van der Waals surface area contributed by atoms with Crippen molar-refractivity contribution < 1.29 is 49.8 Å². The van der Waals surface area contributed by atoms with E-state index >= 15 is 0 Å². The molecule has 11 heteroatoms. The van der Waals surface area contributed by atoms with Crippen molar-refractivity contribution >= 4 is 23.3 Å². The van der Waals surface area contributed by atoms with Crippen LogP contribution in [-0.2, 0) is 4.79 Å². The molecule has 1 aromatic rings. The zero-order valence-corrected chi connectivity index (χ0v) is 27.4. The highest BCUT2D eigenvalue weighted by Gasteiger charge is 2.41. The van der Waals surface area contributed by atoms with Gasteiger partial charge in [0.2, 0.25) is 11.7 Å². The molecule has 0 radical (unpaired) electrons. The van der Waals surface area contributed by atoms with E-state index in [1.807, 2.05) is 0 Å². The van der Waals surface area contributed by atoms with Crippen molar-refractivity contribution in [3.63, 3.8) is 0 Å². The fourth-order valence-electron chi connectivity index (χ4n) is 6.21. The first kappa shape index (κ1) is 36.6. The third-order valence-corrected chi connectivity index (χ3v) is 9.51.